The van der Waals surface area contributed by atoms with Gasteiger partial charge in [-0.25, -0.2) is 4.79 Å². The van der Waals surface area contributed by atoms with Crippen molar-refractivity contribution in [1.82, 2.24) is 5.32 Å². The summed E-state index contributed by atoms with van der Waals surface area (Å²) in [4.78, 5) is 27.1. The minimum Gasteiger partial charge on any atom is -0.491 e. The zero-order valence-electron chi connectivity index (χ0n) is 18.5. The minimum absolute atomic E-state index is 0.0152. The van der Waals surface area contributed by atoms with Crippen molar-refractivity contribution < 1.29 is 19.1 Å². The number of hydrogen-bond donors (Lipinski definition) is 1. The number of para-hydroxylation sites is 1. The van der Waals surface area contributed by atoms with Crippen LogP contribution in [0.3, 0.4) is 0 Å². The zero-order chi connectivity index (χ0) is 22.9. The number of ether oxygens (including phenoxy) is 2. The molecule has 0 radical (unpaired) electrons. The number of benzene rings is 2. The van der Waals surface area contributed by atoms with Crippen LogP contribution in [0.15, 0.2) is 48.5 Å². The molecule has 2 aromatic carbocycles. The van der Waals surface area contributed by atoms with Crippen LogP contribution in [0.25, 0.3) is 0 Å². The molecule has 7 nitrogen and oxygen atoms in total. The monoisotopic (exact) mass is 423 g/mol. The summed E-state index contributed by atoms with van der Waals surface area (Å²) < 4.78 is 10.7. The molecule has 1 N–H and O–H groups in total. The third-order valence-electron chi connectivity index (χ3n) is 4.80. The van der Waals surface area contributed by atoms with E-state index in [2.05, 4.69) is 11.4 Å². The Bertz CT molecular complexity index is 919. The van der Waals surface area contributed by atoms with Crippen LogP contribution in [0.4, 0.5) is 5.69 Å². The summed E-state index contributed by atoms with van der Waals surface area (Å²) in [5, 5.41) is 12.0. The van der Waals surface area contributed by atoms with Crippen molar-refractivity contribution in [2.45, 2.75) is 32.7 Å². The van der Waals surface area contributed by atoms with Gasteiger partial charge in [0.1, 0.15) is 17.9 Å². The van der Waals surface area contributed by atoms with Gasteiger partial charge in [-0.1, -0.05) is 24.3 Å². The number of nitriles is 1. The molecule has 0 aliphatic heterocycles. The zero-order valence-corrected chi connectivity index (χ0v) is 18.5. The molecule has 0 aliphatic rings. The molecule has 2 rings (SSSR count). The molecule has 7 heteroatoms. The van der Waals surface area contributed by atoms with Crippen molar-refractivity contribution in [1.29, 1.82) is 5.26 Å². The van der Waals surface area contributed by atoms with Gasteiger partial charge < -0.3 is 14.4 Å². The number of carbonyl (C=O) groups is 2. The predicted octanol–water partition coefficient (Wildman–Crippen LogP) is 3.15. The molecule has 0 heterocycles. The smallest absolute Gasteiger partial charge is 0.329 e. The van der Waals surface area contributed by atoms with Crippen LogP contribution in [0.5, 0.6) is 5.75 Å². The fraction of sp³-hybridized carbons (Fsp3) is 0.375. The molecule has 0 saturated heterocycles. The van der Waals surface area contributed by atoms with Crippen LogP contribution >= 0.6 is 0 Å². The van der Waals surface area contributed by atoms with Gasteiger partial charge in [0.05, 0.1) is 26.1 Å². The number of esters is 1. The van der Waals surface area contributed by atoms with E-state index in [1.807, 2.05) is 50.2 Å². The van der Waals surface area contributed by atoms with Gasteiger partial charge in [-0.3, -0.25) is 10.1 Å². The first-order valence-electron chi connectivity index (χ1n) is 10.1. The quantitative estimate of drug-likeness (QED) is 0.590. The summed E-state index contributed by atoms with van der Waals surface area (Å²) in [6.45, 7) is 5.66. The van der Waals surface area contributed by atoms with Crippen molar-refractivity contribution in [2.75, 3.05) is 31.7 Å². The van der Waals surface area contributed by atoms with E-state index in [4.69, 9.17) is 14.7 Å². The summed E-state index contributed by atoms with van der Waals surface area (Å²) in [7, 11) is 1.29. The second-order valence-corrected chi connectivity index (χ2v) is 7.58. The lowest BCUT2D eigenvalue weighted by atomic mass is 10.0. The predicted molar refractivity (Wildman–Crippen MR) is 119 cm³/mol. The number of rotatable bonds is 10. The Morgan fingerprint density at radius 3 is 2.35 bits per heavy atom. The number of carbonyl (C=O) groups excluding carboxylic acids is 2. The van der Waals surface area contributed by atoms with E-state index < -0.39 is 11.5 Å². The maximum absolute atomic E-state index is 13.1. The molecule has 1 atom stereocenters. The number of aryl methyl sites for hydroxylation is 2. The van der Waals surface area contributed by atoms with Crippen molar-refractivity contribution in [2.24, 2.45) is 0 Å². The Labute approximate surface area is 183 Å². The SMILES string of the molecule is COC(=O)C(C)(COc1ccccc1)NCC(=O)N(CCC#N)c1cc(C)cc(C)c1. The second kappa shape index (κ2) is 11.1. The molecule has 0 aliphatic carbocycles. The Balaban J connectivity index is 2.15. The molecular formula is C24H29N3O4. The van der Waals surface area contributed by atoms with Gasteiger partial charge in [-0.15, -0.1) is 0 Å². The lowest BCUT2D eigenvalue weighted by Gasteiger charge is -2.29. The number of amides is 1. The summed E-state index contributed by atoms with van der Waals surface area (Å²) in [5.41, 5.74) is 1.53. The molecule has 0 spiro atoms. The fourth-order valence-electron chi connectivity index (χ4n) is 3.18. The molecule has 0 saturated carbocycles. The first-order chi connectivity index (χ1) is 14.8. The standard InChI is InChI=1S/C24H29N3O4/c1-18-13-19(2)15-20(14-18)27(12-8-11-25)22(28)16-26-24(3,23(29)30-4)17-31-21-9-6-5-7-10-21/h5-7,9-10,13-15,26H,8,12,16-17H2,1-4H3. The van der Waals surface area contributed by atoms with Crippen molar-refractivity contribution in [3.63, 3.8) is 0 Å². The maximum atomic E-state index is 13.1. The molecule has 2 aromatic rings. The number of anilines is 1. The average molecular weight is 424 g/mol. The number of nitrogens with one attached hydrogen (secondary N) is 1. The molecule has 0 bridgehead atoms. The average Bonchev–Trinajstić information content (AvgIpc) is 2.76. The first-order valence-corrected chi connectivity index (χ1v) is 10.1. The summed E-state index contributed by atoms with van der Waals surface area (Å²) in [5.74, 6) is -0.182. The topological polar surface area (TPSA) is 91.7 Å². The van der Waals surface area contributed by atoms with Crippen molar-refractivity contribution >= 4 is 17.6 Å². The van der Waals surface area contributed by atoms with E-state index >= 15 is 0 Å². The maximum Gasteiger partial charge on any atom is 0.329 e. The van der Waals surface area contributed by atoms with Gasteiger partial charge in [0, 0.05) is 12.2 Å². The van der Waals surface area contributed by atoms with E-state index in [0.29, 0.717) is 5.75 Å². The highest BCUT2D eigenvalue weighted by Gasteiger charge is 2.36. The summed E-state index contributed by atoms with van der Waals surface area (Å²) in [6.07, 6.45) is 0.199. The molecule has 0 fully saturated rings. The van der Waals surface area contributed by atoms with Gasteiger partial charge in [0.15, 0.2) is 0 Å². The summed E-state index contributed by atoms with van der Waals surface area (Å²) >= 11 is 0. The third-order valence-corrected chi connectivity index (χ3v) is 4.80. The highest BCUT2D eigenvalue weighted by Crippen LogP contribution is 2.20. The van der Waals surface area contributed by atoms with Crippen LogP contribution in [0.2, 0.25) is 0 Å². The molecular weight excluding hydrogens is 394 g/mol. The number of hydrogen-bond acceptors (Lipinski definition) is 6. The Hall–Kier alpha value is -3.37. The molecule has 1 amide bonds. The van der Waals surface area contributed by atoms with Crippen LogP contribution in [0, 0.1) is 25.2 Å². The Morgan fingerprint density at radius 1 is 1.13 bits per heavy atom. The third kappa shape index (κ3) is 6.83. The number of nitrogens with zero attached hydrogens (tertiary/aromatic N) is 2. The second-order valence-electron chi connectivity index (χ2n) is 7.58. The molecule has 31 heavy (non-hydrogen) atoms. The largest absolute Gasteiger partial charge is 0.491 e. The lowest BCUT2D eigenvalue weighted by molar-refractivity contribution is -0.149. The van der Waals surface area contributed by atoms with Crippen LogP contribution < -0.4 is 15.0 Å². The van der Waals surface area contributed by atoms with E-state index in [0.717, 1.165) is 16.8 Å². The van der Waals surface area contributed by atoms with Gasteiger partial charge in [-0.05, 0) is 56.2 Å². The van der Waals surface area contributed by atoms with Gasteiger partial charge in [0.25, 0.3) is 0 Å². The molecule has 1 unspecified atom stereocenters. The summed E-state index contributed by atoms with van der Waals surface area (Å²) in [6, 6.07) is 17.0. The molecule has 164 valence electrons. The highest BCUT2D eigenvalue weighted by atomic mass is 16.5. The van der Waals surface area contributed by atoms with Gasteiger partial charge in [-0.2, -0.15) is 5.26 Å². The van der Waals surface area contributed by atoms with Crippen LogP contribution in [0.1, 0.15) is 24.5 Å². The van der Waals surface area contributed by atoms with E-state index in [-0.39, 0.29) is 32.0 Å². The Morgan fingerprint density at radius 2 is 1.77 bits per heavy atom. The molecule has 0 aromatic heterocycles. The minimum atomic E-state index is -1.23. The van der Waals surface area contributed by atoms with Crippen molar-refractivity contribution in [3.05, 3.63) is 59.7 Å². The van der Waals surface area contributed by atoms with Gasteiger partial charge >= 0.3 is 5.97 Å². The van der Waals surface area contributed by atoms with E-state index in [1.54, 1.807) is 24.0 Å². The first kappa shape index (κ1) is 23.9. The van der Waals surface area contributed by atoms with Crippen LogP contribution in [-0.2, 0) is 14.3 Å². The lowest BCUT2D eigenvalue weighted by Crippen LogP contribution is -2.57. The number of methoxy groups -OCH3 is 1. The van der Waals surface area contributed by atoms with Crippen molar-refractivity contribution in [3.8, 4) is 11.8 Å². The van der Waals surface area contributed by atoms with Crippen LogP contribution in [-0.4, -0.2) is 44.2 Å². The van der Waals surface area contributed by atoms with Gasteiger partial charge in [0.2, 0.25) is 5.91 Å². The van der Waals surface area contributed by atoms with E-state index in [1.165, 1.54) is 7.11 Å². The highest BCUT2D eigenvalue weighted by molar-refractivity contribution is 5.95. The van der Waals surface area contributed by atoms with E-state index in [9.17, 15) is 9.59 Å². The Kier molecular flexibility index (Phi) is 8.59. The fourth-order valence-corrected chi connectivity index (χ4v) is 3.18. The normalized spacial score (nSPS) is 12.4.